The first kappa shape index (κ1) is 14.5. The summed E-state index contributed by atoms with van der Waals surface area (Å²) in [6.07, 6.45) is 4.66. The maximum Gasteiger partial charge on any atom is 0.274 e. The van der Waals surface area contributed by atoms with Gasteiger partial charge in [-0.15, -0.1) is 11.3 Å². The molecule has 1 saturated carbocycles. The van der Waals surface area contributed by atoms with E-state index in [1.165, 1.54) is 24.2 Å². The van der Waals surface area contributed by atoms with Crippen LogP contribution in [0.4, 0.5) is 0 Å². The predicted molar refractivity (Wildman–Crippen MR) is 81.5 cm³/mol. The molecule has 21 heavy (non-hydrogen) atoms. The molecule has 0 N–H and O–H groups in total. The molecule has 2 fully saturated rings. The van der Waals surface area contributed by atoms with Crippen LogP contribution in [0.3, 0.4) is 0 Å². The SMILES string of the molecule is Cc1nc(C(=O)N2CCN(C3CCCC3)C(=O)C2)c(C)s1. The van der Waals surface area contributed by atoms with Crippen molar-refractivity contribution in [1.29, 1.82) is 0 Å². The number of hydrogen-bond acceptors (Lipinski definition) is 4. The highest BCUT2D eigenvalue weighted by molar-refractivity contribution is 7.11. The number of nitrogens with zero attached hydrogens (tertiary/aromatic N) is 3. The molecule has 0 bridgehead atoms. The lowest BCUT2D eigenvalue weighted by atomic mass is 10.1. The third-order valence-electron chi connectivity index (χ3n) is 4.42. The molecule has 2 amide bonds. The standard InChI is InChI=1S/C15H21N3O2S/c1-10-14(16-11(2)21-10)15(20)17-7-8-18(13(19)9-17)12-5-3-4-6-12/h12H,3-9H2,1-2H3. The quantitative estimate of drug-likeness (QED) is 0.839. The summed E-state index contributed by atoms with van der Waals surface area (Å²) >= 11 is 1.53. The van der Waals surface area contributed by atoms with Crippen LogP contribution in [0.1, 0.15) is 46.1 Å². The summed E-state index contributed by atoms with van der Waals surface area (Å²) in [7, 11) is 0. The Morgan fingerprint density at radius 1 is 1.24 bits per heavy atom. The molecule has 0 unspecified atom stereocenters. The Balaban J connectivity index is 1.68. The molecule has 1 aromatic heterocycles. The van der Waals surface area contributed by atoms with E-state index >= 15 is 0 Å². The monoisotopic (exact) mass is 307 g/mol. The number of piperazine rings is 1. The van der Waals surface area contributed by atoms with Gasteiger partial charge >= 0.3 is 0 Å². The molecule has 0 atom stereocenters. The maximum absolute atomic E-state index is 12.5. The molecule has 1 aromatic rings. The molecule has 0 aromatic carbocycles. The van der Waals surface area contributed by atoms with E-state index in [1.807, 2.05) is 18.7 Å². The number of aryl methyl sites for hydroxylation is 2. The fourth-order valence-electron chi connectivity index (χ4n) is 3.34. The number of rotatable bonds is 2. The maximum atomic E-state index is 12.5. The first-order valence-electron chi connectivity index (χ1n) is 7.59. The highest BCUT2D eigenvalue weighted by atomic mass is 32.1. The minimum atomic E-state index is -0.101. The molecule has 2 heterocycles. The number of thiazole rings is 1. The number of hydrogen-bond donors (Lipinski definition) is 0. The fraction of sp³-hybridized carbons (Fsp3) is 0.667. The summed E-state index contributed by atoms with van der Waals surface area (Å²) in [5.41, 5.74) is 0.514. The fourth-order valence-corrected chi connectivity index (χ4v) is 4.15. The van der Waals surface area contributed by atoms with E-state index in [9.17, 15) is 9.59 Å². The van der Waals surface area contributed by atoms with Gasteiger partial charge in [0.1, 0.15) is 12.2 Å². The van der Waals surface area contributed by atoms with Gasteiger partial charge in [0.2, 0.25) is 5.91 Å². The molecule has 2 aliphatic rings. The van der Waals surface area contributed by atoms with Gasteiger partial charge in [-0.05, 0) is 26.7 Å². The first-order valence-corrected chi connectivity index (χ1v) is 8.40. The van der Waals surface area contributed by atoms with Crippen LogP contribution in [0.25, 0.3) is 0 Å². The van der Waals surface area contributed by atoms with Gasteiger partial charge in [-0.3, -0.25) is 9.59 Å². The Bertz CT molecular complexity index is 563. The van der Waals surface area contributed by atoms with Crippen LogP contribution in [0, 0.1) is 13.8 Å². The van der Waals surface area contributed by atoms with Gasteiger partial charge in [0.25, 0.3) is 5.91 Å². The highest BCUT2D eigenvalue weighted by Crippen LogP contribution is 2.25. The van der Waals surface area contributed by atoms with Gasteiger partial charge in [0.15, 0.2) is 0 Å². The molecule has 1 aliphatic heterocycles. The third kappa shape index (κ3) is 2.81. The summed E-state index contributed by atoms with van der Waals surface area (Å²) < 4.78 is 0. The molecule has 5 nitrogen and oxygen atoms in total. The van der Waals surface area contributed by atoms with Crippen LogP contribution in [0.5, 0.6) is 0 Å². The van der Waals surface area contributed by atoms with Gasteiger partial charge < -0.3 is 9.80 Å². The van der Waals surface area contributed by atoms with E-state index in [0.29, 0.717) is 24.8 Å². The third-order valence-corrected chi connectivity index (χ3v) is 5.30. The molecule has 1 saturated heterocycles. The summed E-state index contributed by atoms with van der Waals surface area (Å²) in [5.74, 6) is -0.0117. The lowest BCUT2D eigenvalue weighted by Crippen LogP contribution is -2.55. The van der Waals surface area contributed by atoms with Crippen molar-refractivity contribution in [3.8, 4) is 0 Å². The minimum Gasteiger partial charge on any atom is -0.336 e. The van der Waals surface area contributed by atoms with E-state index in [-0.39, 0.29) is 18.4 Å². The Morgan fingerprint density at radius 2 is 1.95 bits per heavy atom. The zero-order chi connectivity index (χ0) is 15.0. The minimum absolute atomic E-state index is 0.0890. The molecular formula is C15H21N3O2S. The average molecular weight is 307 g/mol. The molecule has 0 spiro atoms. The lowest BCUT2D eigenvalue weighted by molar-refractivity contribution is -0.137. The second-order valence-corrected chi connectivity index (χ2v) is 7.30. The molecule has 6 heteroatoms. The molecular weight excluding hydrogens is 286 g/mol. The average Bonchev–Trinajstić information content (AvgIpc) is 3.07. The van der Waals surface area contributed by atoms with Crippen molar-refractivity contribution in [1.82, 2.24) is 14.8 Å². The summed E-state index contributed by atoms with van der Waals surface area (Å²) in [6.45, 7) is 5.30. The Hall–Kier alpha value is -1.43. The van der Waals surface area contributed by atoms with Gasteiger partial charge in [-0.1, -0.05) is 12.8 Å². The van der Waals surface area contributed by atoms with E-state index in [4.69, 9.17) is 0 Å². The van der Waals surface area contributed by atoms with Crippen molar-refractivity contribution < 1.29 is 9.59 Å². The van der Waals surface area contributed by atoms with E-state index in [1.54, 1.807) is 4.90 Å². The molecule has 1 aliphatic carbocycles. The van der Waals surface area contributed by atoms with Crippen molar-refractivity contribution in [2.45, 2.75) is 45.6 Å². The van der Waals surface area contributed by atoms with Crippen LogP contribution < -0.4 is 0 Å². The summed E-state index contributed by atoms with van der Waals surface area (Å²) in [5, 5.41) is 0.895. The topological polar surface area (TPSA) is 53.5 Å². The van der Waals surface area contributed by atoms with Crippen LogP contribution in [-0.2, 0) is 4.79 Å². The predicted octanol–water partition coefficient (Wildman–Crippen LogP) is 1.99. The first-order chi connectivity index (χ1) is 10.1. The number of carbonyl (C=O) groups excluding carboxylic acids is 2. The number of amides is 2. The van der Waals surface area contributed by atoms with Gasteiger partial charge in [-0.2, -0.15) is 0 Å². The van der Waals surface area contributed by atoms with Crippen molar-refractivity contribution in [2.24, 2.45) is 0 Å². The lowest BCUT2D eigenvalue weighted by Gasteiger charge is -2.37. The van der Waals surface area contributed by atoms with Crippen molar-refractivity contribution in [2.75, 3.05) is 19.6 Å². The van der Waals surface area contributed by atoms with Crippen molar-refractivity contribution in [3.05, 3.63) is 15.6 Å². The van der Waals surface area contributed by atoms with Crippen LogP contribution >= 0.6 is 11.3 Å². The molecule has 0 radical (unpaired) electrons. The van der Waals surface area contributed by atoms with Gasteiger partial charge in [-0.25, -0.2) is 4.98 Å². The largest absolute Gasteiger partial charge is 0.336 e. The van der Waals surface area contributed by atoms with Crippen molar-refractivity contribution in [3.63, 3.8) is 0 Å². The van der Waals surface area contributed by atoms with Crippen LogP contribution in [0.15, 0.2) is 0 Å². The Morgan fingerprint density at radius 3 is 2.52 bits per heavy atom. The zero-order valence-electron chi connectivity index (χ0n) is 12.6. The smallest absolute Gasteiger partial charge is 0.274 e. The second kappa shape index (κ2) is 5.75. The van der Waals surface area contributed by atoms with Gasteiger partial charge in [0.05, 0.1) is 5.01 Å². The molecule has 3 rings (SSSR count). The summed E-state index contributed by atoms with van der Waals surface area (Å²) in [4.78, 5) is 33.7. The van der Waals surface area contributed by atoms with E-state index < -0.39 is 0 Å². The second-order valence-electron chi connectivity index (χ2n) is 5.89. The van der Waals surface area contributed by atoms with E-state index in [0.717, 1.165) is 22.7 Å². The normalized spacial score (nSPS) is 20.4. The Labute approximate surface area is 129 Å². The van der Waals surface area contributed by atoms with Crippen LogP contribution in [-0.4, -0.2) is 52.3 Å². The van der Waals surface area contributed by atoms with E-state index in [2.05, 4.69) is 4.98 Å². The highest BCUT2D eigenvalue weighted by Gasteiger charge is 2.34. The van der Waals surface area contributed by atoms with Crippen molar-refractivity contribution >= 4 is 23.2 Å². The molecule has 114 valence electrons. The van der Waals surface area contributed by atoms with Gasteiger partial charge in [0, 0.05) is 24.0 Å². The zero-order valence-corrected chi connectivity index (χ0v) is 13.4. The number of carbonyl (C=O) groups is 2. The Kier molecular flexibility index (Phi) is 3.97. The van der Waals surface area contributed by atoms with Crippen LogP contribution in [0.2, 0.25) is 0 Å². The summed E-state index contributed by atoms with van der Waals surface area (Å²) in [6, 6.07) is 0.401. The number of aromatic nitrogens is 1.